The molecule has 2 aromatic carbocycles. The maximum absolute atomic E-state index is 13.1. The fraction of sp³-hybridized carbons (Fsp3) is 0.333. The molecule has 0 saturated heterocycles. The highest BCUT2D eigenvalue weighted by Gasteiger charge is 2.33. The van der Waals surface area contributed by atoms with Gasteiger partial charge in [-0.25, -0.2) is 4.68 Å². The van der Waals surface area contributed by atoms with E-state index in [4.69, 9.17) is 19.3 Å². The molecule has 6 nitrogen and oxygen atoms in total. The summed E-state index contributed by atoms with van der Waals surface area (Å²) in [5, 5.41) is 4.69. The van der Waals surface area contributed by atoms with Gasteiger partial charge in [0.1, 0.15) is 0 Å². The van der Waals surface area contributed by atoms with Crippen molar-refractivity contribution in [2.45, 2.75) is 32.6 Å². The molecule has 0 bridgehead atoms. The van der Waals surface area contributed by atoms with E-state index >= 15 is 0 Å². The zero-order valence-corrected chi connectivity index (χ0v) is 18.0. The second-order valence-corrected chi connectivity index (χ2v) is 7.64. The van der Waals surface area contributed by atoms with E-state index < -0.39 is 0 Å². The van der Waals surface area contributed by atoms with E-state index in [2.05, 4.69) is 19.1 Å². The first-order valence-corrected chi connectivity index (χ1v) is 9.95. The third-order valence-electron chi connectivity index (χ3n) is 5.74. The minimum atomic E-state index is -0.000922. The van der Waals surface area contributed by atoms with Gasteiger partial charge in [-0.2, -0.15) is 5.10 Å². The van der Waals surface area contributed by atoms with Gasteiger partial charge in [-0.1, -0.05) is 17.7 Å². The summed E-state index contributed by atoms with van der Waals surface area (Å²) in [4.78, 5) is 13.1. The van der Waals surface area contributed by atoms with E-state index in [0.29, 0.717) is 30.1 Å². The van der Waals surface area contributed by atoms with Crippen molar-refractivity contribution in [3.8, 4) is 22.9 Å². The number of aryl methyl sites for hydroxylation is 2. The number of nitrogens with zero attached hydrogens (tertiary/aromatic N) is 2. The molecule has 1 aliphatic rings. The van der Waals surface area contributed by atoms with Gasteiger partial charge in [0.15, 0.2) is 17.3 Å². The first kappa shape index (κ1) is 20.0. The first-order valence-electron chi connectivity index (χ1n) is 9.95. The third-order valence-corrected chi connectivity index (χ3v) is 5.74. The summed E-state index contributed by atoms with van der Waals surface area (Å²) in [5.74, 6) is 1.85. The second-order valence-electron chi connectivity index (χ2n) is 7.64. The van der Waals surface area contributed by atoms with E-state index in [1.54, 1.807) is 21.3 Å². The summed E-state index contributed by atoms with van der Waals surface area (Å²) in [7, 11) is 4.78. The molecule has 6 heteroatoms. The van der Waals surface area contributed by atoms with Gasteiger partial charge in [0, 0.05) is 6.42 Å². The smallest absolute Gasteiger partial charge is 0.203 e. The molecule has 0 saturated carbocycles. The van der Waals surface area contributed by atoms with Crippen LogP contribution in [0.25, 0.3) is 5.69 Å². The van der Waals surface area contributed by atoms with E-state index in [1.807, 2.05) is 35.9 Å². The van der Waals surface area contributed by atoms with E-state index in [-0.39, 0.29) is 11.7 Å². The van der Waals surface area contributed by atoms with Crippen LogP contribution >= 0.6 is 0 Å². The number of methoxy groups -OCH3 is 3. The lowest BCUT2D eigenvalue weighted by Crippen LogP contribution is -2.20. The Labute approximate surface area is 176 Å². The summed E-state index contributed by atoms with van der Waals surface area (Å²) in [5.41, 5.74) is 5.61. The van der Waals surface area contributed by atoms with Crippen molar-refractivity contribution in [1.82, 2.24) is 9.78 Å². The Morgan fingerprint density at radius 2 is 1.57 bits per heavy atom. The summed E-state index contributed by atoms with van der Waals surface area (Å²) >= 11 is 0. The molecule has 1 atom stereocenters. The lowest BCUT2D eigenvalue weighted by atomic mass is 9.81. The Bertz CT molecular complexity index is 1070. The quantitative estimate of drug-likeness (QED) is 0.627. The van der Waals surface area contributed by atoms with Gasteiger partial charge in [0.25, 0.3) is 0 Å². The summed E-state index contributed by atoms with van der Waals surface area (Å²) in [6, 6.07) is 12.1. The van der Waals surface area contributed by atoms with E-state index in [9.17, 15) is 4.79 Å². The van der Waals surface area contributed by atoms with Gasteiger partial charge < -0.3 is 14.2 Å². The number of ether oxygens (including phenoxy) is 3. The van der Waals surface area contributed by atoms with Gasteiger partial charge in [0.2, 0.25) is 5.75 Å². The molecule has 30 heavy (non-hydrogen) atoms. The number of hydrogen-bond acceptors (Lipinski definition) is 5. The number of carbonyl (C=O) groups is 1. The molecular formula is C24H26N2O4. The van der Waals surface area contributed by atoms with Gasteiger partial charge in [0.05, 0.1) is 44.0 Å². The van der Waals surface area contributed by atoms with Crippen molar-refractivity contribution < 1.29 is 19.0 Å². The Hall–Kier alpha value is -3.28. The molecule has 1 unspecified atom stereocenters. The number of hydrogen-bond donors (Lipinski definition) is 0. The first-order chi connectivity index (χ1) is 14.5. The van der Waals surface area contributed by atoms with Crippen molar-refractivity contribution in [2.75, 3.05) is 21.3 Å². The minimum absolute atomic E-state index is 0.000922. The molecule has 0 N–H and O–H groups in total. The molecule has 4 rings (SSSR count). The highest BCUT2D eigenvalue weighted by atomic mass is 16.5. The van der Waals surface area contributed by atoms with Crippen LogP contribution in [0.4, 0.5) is 0 Å². The van der Waals surface area contributed by atoms with Crippen LogP contribution in [-0.2, 0) is 6.42 Å². The summed E-state index contributed by atoms with van der Waals surface area (Å²) in [6.07, 6.45) is 1.13. The lowest BCUT2D eigenvalue weighted by Gasteiger charge is -2.24. The molecule has 1 heterocycles. The monoisotopic (exact) mass is 406 g/mol. The maximum atomic E-state index is 13.1. The number of rotatable bonds is 5. The Morgan fingerprint density at radius 3 is 2.13 bits per heavy atom. The highest BCUT2D eigenvalue weighted by Crippen LogP contribution is 2.43. The molecule has 1 aromatic heterocycles. The normalized spacial score (nSPS) is 15.6. The van der Waals surface area contributed by atoms with Crippen LogP contribution < -0.4 is 14.2 Å². The third kappa shape index (κ3) is 3.32. The SMILES string of the molecule is COc1cc(C2CC(=O)c3c(C)nn(-c4ccc(C)cc4)c3C2)cc(OC)c1OC. The standard InChI is InChI=1S/C24H26N2O4/c1-14-6-8-18(9-7-14)26-19-10-16(11-20(27)23(19)15(2)25-26)17-12-21(28-3)24(30-5)22(13-17)29-4/h6-9,12-13,16H,10-11H2,1-5H3. The second kappa shape index (κ2) is 7.86. The van der Waals surface area contributed by atoms with Gasteiger partial charge >= 0.3 is 0 Å². The molecule has 156 valence electrons. The molecule has 0 radical (unpaired) electrons. The van der Waals surface area contributed by atoms with Crippen LogP contribution in [0, 0.1) is 13.8 Å². The fourth-order valence-corrected chi connectivity index (χ4v) is 4.23. The minimum Gasteiger partial charge on any atom is -0.493 e. The molecule has 0 aliphatic heterocycles. The molecule has 3 aromatic rings. The zero-order chi connectivity index (χ0) is 21.4. The van der Waals surface area contributed by atoms with Gasteiger partial charge in [-0.05, 0) is 56.0 Å². The predicted molar refractivity (Wildman–Crippen MR) is 115 cm³/mol. The average Bonchev–Trinajstić information content (AvgIpc) is 3.09. The number of carbonyl (C=O) groups excluding carboxylic acids is 1. The summed E-state index contributed by atoms with van der Waals surface area (Å²) in [6.45, 7) is 3.96. The molecule has 0 fully saturated rings. The van der Waals surface area contributed by atoms with E-state index in [1.165, 1.54) is 5.56 Å². The lowest BCUT2D eigenvalue weighted by molar-refractivity contribution is 0.0963. The van der Waals surface area contributed by atoms with Crippen LogP contribution in [0.15, 0.2) is 36.4 Å². The van der Waals surface area contributed by atoms with Crippen LogP contribution in [-0.4, -0.2) is 36.9 Å². The van der Waals surface area contributed by atoms with Crippen molar-refractivity contribution in [1.29, 1.82) is 0 Å². The zero-order valence-electron chi connectivity index (χ0n) is 18.0. The Kier molecular flexibility index (Phi) is 5.24. The van der Waals surface area contributed by atoms with Gasteiger partial charge in [-0.15, -0.1) is 0 Å². The van der Waals surface area contributed by atoms with Crippen molar-refractivity contribution in [2.24, 2.45) is 0 Å². The van der Waals surface area contributed by atoms with Crippen LogP contribution in [0.2, 0.25) is 0 Å². The number of Topliss-reactive ketones (excluding diaryl/α,β-unsaturated/α-hetero) is 1. The Balaban J connectivity index is 1.79. The number of ketones is 1. The number of benzene rings is 2. The average molecular weight is 406 g/mol. The van der Waals surface area contributed by atoms with Gasteiger partial charge in [-0.3, -0.25) is 4.79 Å². The number of fused-ring (bicyclic) bond motifs is 1. The molecular weight excluding hydrogens is 380 g/mol. The molecule has 0 spiro atoms. The van der Waals surface area contributed by atoms with Crippen LogP contribution in [0.3, 0.4) is 0 Å². The van der Waals surface area contributed by atoms with Crippen LogP contribution in [0.5, 0.6) is 17.2 Å². The Morgan fingerprint density at radius 1 is 0.933 bits per heavy atom. The van der Waals surface area contributed by atoms with Crippen LogP contribution in [0.1, 0.15) is 45.2 Å². The van der Waals surface area contributed by atoms with Crippen molar-refractivity contribution in [3.05, 3.63) is 64.5 Å². The predicted octanol–water partition coefficient (Wildman–Crippen LogP) is 4.43. The summed E-state index contributed by atoms with van der Waals surface area (Å²) < 4.78 is 18.4. The number of aromatic nitrogens is 2. The molecule has 0 amide bonds. The fourth-order valence-electron chi connectivity index (χ4n) is 4.23. The van der Waals surface area contributed by atoms with Crippen molar-refractivity contribution >= 4 is 5.78 Å². The maximum Gasteiger partial charge on any atom is 0.203 e. The largest absolute Gasteiger partial charge is 0.493 e. The molecule has 1 aliphatic carbocycles. The highest BCUT2D eigenvalue weighted by molar-refractivity contribution is 6.00. The topological polar surface area (TPSA) is 62.6 Å². The van der Waals surface area contributed by atoms with E-state index in [0.717, 1.165) is 28.2 Å². The van der Waals surface area contributed by atoms with Crippen molar-refractivity contribution in [3.63, 3.8) is 0 Å².